The van der Waals surface area contributed by atoms with Gasteiger partial charge in [0.15, 0.2) is 11.5 Å². The van der Waals surface area contributed by atoms with Crippen LogP contribution in [0, 0.1) is 0 Å². The number of aromatic nitrogens is 3. The monoisotopic (exact) mass is 356 g/mol. The van der Waals surface area contributed by atoms with Crippen LogP contribution in [0.4, 0.5) is 5.95 Å². The zero-order chi connectivity index (χ0) is 17.2. The van der Waals surface area contributed by atoms with E-state index in [0.717, 1.165) is 5.56 Å². The van der Waals surface area contributed by atoms with Gasteiger partial charge in [-0.15, -0.1) is 5.10 Å². The van der Waals surface area contributed by atoms with Crippen molar-refractivity contribution in [2.75, 3.05) is 12.1 Å². The Kier molecular flexibility index (Phi) is 3.99. The summed E-state index contributed by atoms with van der Waals surface area (Å²) in [6, 6.07) is 12.4. The van der Waals surface area contributed by atoms with Gasteiger partial charge in [-0.3, -0.25) is 10.1 Å². The summed E-state index contributed by atoms with van der Waals surface area (Å²) in [7, 11) is 0. The number of nitrogens with one attached hydrogen (secondary N) is 1. The van der Waals surface area contributed by atoms with E-state index in [1.54, 1.807) is 29.2 Å². The molecule has 2 heterocycles. The van der Waals surface area contributed by atoms with Crippen LogP contribution in [0.15, 0.2) is 48.8 Å². The topological polar surface area (TPSA) is 78.3 Å². The molecule has 126 valence electrons. The minimum Gasteiger partial charge on any atom is -0.454 e. The fraction of sp³-hybridized carbons (Fsp3) is 0.118. The predicted octanol–water partition coefficient (Wildman–Crippen LogP) is 2.96. The Morgan fingerprint density at radius 2 is 1.96 bits per heavy atom. The Morgan fingerprint density at radius 1 is 1.16 bits per heavy atom. The zero-order valence-corrected chi connectivity index (χ0v) is 13.7. The molecule has 0 spiro atoms. The van der Waals surface area contributed by atoms with Gasteiger partial charge in [0.05, 0.1) is 6.54 Å². The van der Waals surface area contributed by atoms with E-state index in [0.29, 0.717) is 28.6 Å². The molecule has 0 radical (unpaired) electrons. The summed E-state index contributed by atoms with van der Waals surface area (Å²) in [5, 5.41) is 7.60. The van der Waals surface area contributed by atoms with Gasteiger partial charge in [-0.05, 0) is 35.9 Å². The fourth-order valence-corrected chi connectivity index (χ4v) is 2.54. The number of benzene rings is 2. The average Bonchev–Trinajstić information content (AvgIpc) is 3.25. The first-order chi connectivity index (χ1) is 12.2. The number of carbonyl (C=O) groups is 1. The number of anilines is 1. The molecule has 1 aromatic heterocycles. The Bertz CT molecular complexity index is 924. The Balaban J connectivity index is 1.43. The number of ether oxygens (including phenoxy) is 2. The normalized spacial score (nSPS) is 12.2. The second-order valence-corrected chi connectivity index (χ2v) is 5.85. The van der Waals surface area contributed by atoms with Crippen molar-refractivity contribution in [1.82, 2.24) is 14.8 Å². The number of fused-ring (bicyclic) bond motifs is 1. The molecule has 2 aromatic carbocycles. The van der Waals surface area contributed by atoms with Crippen LogP contribution in [0.2, 0.25) is 5.02 Å². The Hall–Kier alpha value is -3.06. The number of hydrogen-bond acceptors (Lipinski definition) is 5. The van der Waals surface area contributed by atoms with Gasteiger partial charge in [0.25, 0.3) is 5.91 Å². The molecule has 3 aromatic rings. The van der Waals surface area contributed by atoms with Crippen LogP contribution < -0.4 is 14.8 Å². The van der Waals surface area contributed by atoms with Crippen molar-refractivity contribution < 1.29 is 14.3 Å². The lowest BCUT2D eigenvalue weighted by molar-refractivity contribution is 0.102. The molecule has 4 rings (SSSR count). The molecular formula is C17H13ClN4O3. The first-order valence-electron chi connectivity index (χ1n) is 7.52. The van der Waals surface area contributed by atoms with Gasteiger partial charge in [-0.1, -0.05) is 23.7 Å². The molecule has 7 nitrogen and oxygen atoms in total. The van der Waals surface area contributed by atoms with Crippen molar-refractivity contribution >= 4 is 23.5 Å². The quantitative estimate of drug-likeness (QED) is 0.777. The summed E-state index contributed by atoms with van der Waals surface area (Å²) < 4.78 is 12.1. The van der Waals surface area contributed by atoms with Crippen molar-refractivity contribution in [3.8, 4) is 11.5 Å². The second-order valence-electron chi connectivity index (χ2n) is 5.41. The van der Waals surface area contributed by atoms with Gasteiger partial charge in [-0.25, -0.2) is 9.67 Å². The molecule has 1 amide bonds. The molecule has 0 saturated carbocycles. The minimum atomic E-state index is -0.317. The molecule has 0 fully saturated rings. The molecule has 0 aliphatic carbocycles. The number of nitrogens with zero attached hydrogens (tertiary/aromatic N) is 3. The van der Waals surface area contributed by atoms with Crippen LogP contribution in [0.1, 0.15) is 15.9 Å². The van der Waals surface area contributed by atoms with Crippen molar-refractivity contribution in [3.05, 3.63) is 64.9 Å². The largest absolute Gasteiger partial charge is 0.454 e. The van der Waals surface area contributed by atoms with E-state index < -0.39 is 0 Å². The third kappa shape index (κ3) is 3.41. The molecule has 1 aliphatic heterocycles. The number of halogens is 1. The lowest BCUT2D eigenvalue weighted by Crippen LogP contribution is -2.13. The van der Waals surface area contributed by atoms with E-state index in [9.17, 15) is 4.79 Å². The average molecular weight is 357 g/mol. The van der Waals surface area contributed by atoms with E-state index in [1.807, 2.05) is 24.3 Å². The summed E-state index contributed by atoms with van der Waals surface area (Å²) in [6.07, 6.45) is 1.56. The standard InChI is InChI=1S/C17H13ClN4O3/c18-13-4-1-11(2-5-13)8-22-9-19-17(21-22)20-16(23)12-3-6-14-15(7-12)25-10-24-14/h1-7,9H,8,10H2,(H,20,21,23). The first kappa shape index (κ1) is 15.5. The van der Waals surface area contributed by atoms with Crippen LogP contribution in [-0.4, -0.2) is 27.5 Å². The number of carbonyl (C=O) groups excluding carboxylic acids is 1. The van der Waals surface area contributed by atoms with Gasteiger partial charge in [-0.2, -0.15) is 0 Å². The smallest absolute Gasteiger partial charge is 0.258 e. The van der Waals surface area contributed by atoms with E-state index >= 15 is 0 Å². The maximum Gasteiger partial charge on any atom is 0.258 e. The van der Waals surface area contributed by atoms with Crippen molar-refractivity contribution in [1.29, 1.82) is 0 Å². The third-order valence-electron chi connectivity index (χ3n) is 3.65. The summed E-state index contributed by atoms with van der Waals surface area (Å²) in [4.78, 5) is 16.4. The lowest BCUT2D eigenvalue weighted by Gasteiger charge is -2.03. The Labute approximate surface area is 148 Å². The number of hydrogen-bond donors (Lipinski definition) is 1. The number of amides is 1. The summed E-state index contributed by atoms with van der Waals surface area (Å²) in [6.45, 7) is 0.696. The Morgan fingerprint density at radius 3 is 2.80 bits per heavy atom. The minimum absolute atomic E-state index is 0.164. The maximum absolute atomic E-state index is 12.3. The van der Waals surface area contributed by atoms with Crippen LogP contribution in [0.3, 0.4) is 0 Å². The SMILES string of the molecule is O=C(Nc1ncn(Cc2ccc(Cl)cc2)n1)c1ccc2c(c1)OCO2. The first-order valence-corrected chi connectivity index (χ1v) is 7.90. The van der Waals surface area contributed by atoms with Crippen molar-refractivity contribution in [2.45, 2.75) is 6.54 Å². The molecule has 1 N–H and O–H groups in total. The van der Waals surface area contributed by atoms with Gasteiger partial charge in [0.2, 0.25) is 12.7 Å². The van der Waals surface area contributed by atoms with Crippen LogP contribution in [0.5, 0.6) is 11.5 Å². The summed E-state index contributed by atoms with van der Waals surface area (Å²) >= 11 is 5.87. The highest BCUT2D eigenvalue weighted by atomic mass is 35.5. The van der Waals surface area contributed by atoms with E-state index in [4.69, 9.17) is 21.1 Å². The van der Waals surface area contributed by atoms with Gasteiger partial charge in [0, 0.05) is 10.6 Å². The summed E-state index contributed by atoms with van der Waals surface area (Å²) in [5.41, 5.74) is 1.47. The third-order valence-corrected chi connectivity index (χ3v) is 3.91. The van der Waals surface area contributed by atoms with E-state index in [1.165, 1.54) is 0 Å². The highest BCUT2D eigenvalue weighted by Crippen LogP contribution is 2.32. The number of rotatable bonds is 4. The molecule has 25 heavy (non-hydrogen) atoms. The van der Waals surface area contributed by atoms with Gasteiger partial charge < -0.3 is 9.47 Å². The molecular weight excluding hydrogens is 344 g/mol. The molecule has 0 unspecified atom stereocenters. The van der Waals surface area contributed by atoms with Crippen LogP contribution >= 0.6 is 11.6 Å². The van der Waals surface area contributed by atoms with Gasteiger partial charge in [0.1, 0.15) is 6.33 Å². The zero-order valence-electron chi connectivity index (χ0n) is 13.0. The molecule has 0 atom stereocenters. The second kappa shape index (κ2) is 6.45. The van der Waals surface area contributed by atoms with Crippen LogP contribution in [0.25, 0.3) is 0 Å². The van der Waals surface area contributed by atoms with E-state index in [2.05, 4.69) is 15.4 Å². The van der Waals surface area contributed by atoms with Gasteiger partial charge >= 0.3 is 0 Å². The molecule has 8 heteroatoms. The van der Waals surface area contributed by atoms with Crippen molar-refractivity contribution in [2.24, 2.45) is 0 Å². The molecule has 0 saturated heterocycles. The fourth-order valence-electron chi connectivity index (χ4n) is 2.42. The highest BCUT2D eigenvalue weighted by Gasteiger charge is 2.17. The lowest BCUT2D eigenvalue weighted by atomic mass is 10.2. The predicted molar refractivity (Wildman–Crippen MR) is 91.1 cm³/mol. The maximum atomic E-state index is 12.3. The molecule has 0 bridgehead atoms. The molecule has 1 aliphatic rings. The summed E-state index contributed by atoms with van der Waals surface area (Å²) in [5.74, 6) is 1.09. The highest BCUT2D eigenvalue weighted by molar-refractivity contribution is 6.30. The van der Waals surface area contributed by atoms with Crippen molar-refractivity contribution in [3.63, 3.8) is 0 Å². The van der Waals surface area contributed by atoms with E-state index in [-0.39, 0.29) is 18.6 Å². The van der Waals surface area contributed by atoms with Crippen LogP contribution in [-0.2, 0) is 6.54 Å².